The number of carbonyl (C=O) groups excluding carboxylic acids is 2. The molecule has 0 unspecified atom stereocenters. The van der Waals surface area contributed by atoms with Crippen molar-refractivity contribution in [3.63, 3.8) is 0 Å². The summed E-state index contributed by atoms with van der Waals surface area (Å²) in [5, 5.41) is 0.534. The lowest BCUT2D eigenvalue weighted by molar-refractivity contribution is -0.122. The zero-order valence-corrected chi connectivity index (χ0v) is 12.7. The van der Waals surface area contributed by atoms with Crippen molar-refractivity contribution >= 4 is 29.1 Å². The summed E-state index contributed by atoms with van der Waals surface area (Å²) < 4.78 is 0. The van der Waals surface area contributed by atoms with Gasteiger partial charge in [-0.3, -0.25) is 14.5 Å². The SMILES string of the molecule is O=C1C[C@H](N2CCCCCC2)C(=O)N1c1cccc(Cl)c1. The molecule has 5 heteroatoms. The van der Waals surface area contributed by atoms with Gasteiger partial charge in [-0.1, -0.05) is 30.5 Å². The standard InChI is InChI=1S/C16H19ClN2O2/c17-12-6-5-7-13(10-12)19-15(20)11-14(16(19)21)18-8-3-1-2-4-9-18/h5-7,10,14H,1-4,8-9,11H2/t14-/m0/s1. The monoisotopic (exact) mass is 306 g/mol. The van der Waals surface area contributed by atoms with Gasteiger partial charge in [0.15, 0.2) is 0 Å². The number of likely N-dealkylation sites (tertiary alicyclic amines) is 1. The third-order valence-corrected chi connectivity index (χ3v) is 4.51. The average Bonchev–Trinajstić information content (AvgIpc) is 2.66. The van der Waals surface area contributed by atoms with E-state index in [0.717, 1.165) is 25.9 Å². The van der Waals surface area contributed by atoms with Crippen molar-refractivity contribution in [2.75, 3.05) is 18.0 Å². The van der Waals surface area contributed by atoms with Crippen LogP contribution < -0.4 is 4.90 Å². The van der Waals surface area contributed by atoms with Crippen molar-refractivity contribution in [1.29, 1.82) is 0 Å². The van der Waals surface area contributed by atoms with Crippen LogP contribution in [0.5, 0.6) is 0 Å². The van der Waals surface area contributed by atoms with Crippen molar-refractivity contribution in [1.82, 2.24) is 4.90 Å². The molecule has 3 rings (SSSR count). The van der Waals surface area contributed by atoms with E-state index < -0.39 is 0 Å². The van der Waals surface area contributed by atoms with Gasteiger partial charge in [0.2, 0.25) is 5.91 Å². The van der Waals surface area contributed by atoms with Crippen LogP contribution in [0.25, 0.3) is 0 Å². The quantitative estimate of drug-likeness (QED) is 0.789. The van der Waals surface area contributed by atoms with Crippen molar-refractivity contribution in [3.05, 3.63) is 29.3 Å². The maximum Gasteiger partial charge on any atom is 0.251 e. The minimum Gasteiger partial charge on any atom is -0.292 e. The van der Waals surface area contributed by atoms with E-state index in [2.05, 4.69) is 4.90 Å². The third-order valence-electron chi connectivity index (χ3n) is 4.27. The molecule has 2 heterocycles. The topological polar surface area (TPSA) is 40.6 Å². The Bertz CT molecular complexity index is 553. The van der Waals surface area contributed by atoms with E-state index in [4.69, 9.17) is 11.6 Å². The van der Waals surface area contributed by atoms with Gasteiger partial charge in [0.1, 0.15) is 0 Å². The Kier molecular flexibility index (Phi) is 4.27. The molecule has 1 aromatic rings. The molecule has 0 radical (unpaired) electrons. The van der Waals surface area contributed by atoms with E-state index in [1.165, 1.54) is 17.7 Å². The van der Waals surface area contributed by atoms with Crippen LogP contribution >= 0.6 is 11.6 Å². The molecule has 0 bridgehead atoms. The number of hydrogen-bond donors (Lipinski definition) is 0. The predicted octanol–water partition coefficient (Wildman–Crippen LogP) is 2.85. The van der Waals surface area contributed by atoms with Crippen molar-refractivity contribution in [2.45, 2.75) is 38.1 Å². The highest BCUT2D eigenvalue weighted by Gasteiger charge is 2.42. The van der Waals surface area contributed by atoms with Gasteiger partial charge >= 0.3 is 0 Å². The zero-order chi connectivity index (χ0) is 14.8. The molecule has 1 aromatic carbocycles. The number of benzene rings is 1. The predicted molar refractivity (Wildman–Crippen MR) is 82.4 cm³/mol. The molecule has 1 atom stereocenters. The molecule has 4 nitrogen and oxygen atoms in total. The molecular formula is C16H19ClN2O2. The smallest absolute Gasteiger partial charge is 0.251 e. The summed E-state index contributed by atoms with van der Waals surface area (Å²) in [4.78, 5) is 28.4. The molecular weight excluding hydrogens is 288 g/mol. The fraction of sp³-hybridized carbons (Fsp3) is 0.500. The maximum atomic E-state index is 12.7. The van der Waals surface area contributed by atoms with Crippen LogP contribution in [0.4, 0.5) is 5.69 Å². The Morgan fingerprint density at radius 3 is 2.43 bits per heavy atom. The lowest BCUT2D eigenvalue weighted by Gasteiger charge is -2.25. The van der Waals surface area contributed by atoms with Crippen molar-refractivity contribution in [2.24, 2.45) is 0 Å². The molecule has 2 amide bonds. The molecule has 2 aliphatic heterocycles. The Labute approximate surface area is 129 Å². The summed E-state index contributed by atoms with van der Waals surface area (Å²) in [5.41, 5.74) is 0.579. The summed E-state index contributed by atoms with van der Waals surface area (Å²) in [6, 6.07) is 6.63. The molecule has 2 fully saturated rings. The van der Waals surface area contributed by atoms with Gasteiger partial charge in [-0.05, 0) is 44.1 Å². The van der Waals surface area contributed by atoms with Gasteiger partial charge in [0.05, 0.1) is 18.2 Å². The highest BCUT2D eigenvalue weighted by atomic mass is 35.5. The van der Waals surface area contributed by atoms with E-state index in [1.807, 2.05) is 0 Å². The lowest BCUT2D eigenvalue weighted by atomic mass is 10.2. The number of halogens is 1. The van der Waals surface area contributed by atoms with Gasteiger partial charge < -0.3 is 0 Å². The van der Waals surface area contributed by atoms with E-state index in [-0.39, 0.29) is 24.3 Å². The number of hydrogen-bond acceptors (Lipinski definition) is 3. The van der Waals surface area contributed by atoms with Crippen LogP contribution in [0.2, 0.25) is 5.02 Å². The summed E-state index contributed by atoms with van der Waals surface area (Å²) >= 11 is 5.97. The molecule has 0 spiro atoms. The number of nitrogens with zero attached hydrogens (tertiary/aromatic N) is 2. The molecule has 2 aliphatic rings. The first-order chi connectivity index (χ1) is 10.2. The summed E-state index contributed by atoms with van der Waals surface area (Å²) in [6.45, 7) is 1.82. The summed E-state index contributed by atoms with van der Waals surface area (Å²) in [6.07, 6.45) is 4.92. The molecule has 0 saturated carbocycles. The zero-order valence-electron chi connectivity index (χ0n) is 11.9. The number of rotatable bonds is 2. The van der Waals surface area contributed by atoms with Gasteiger partial charge in [-0.25, -0.2) is 4.90 Å². The van der Waals surface area contributed by atoms with Gasteiger partial charge in [0.25, 0.3) is 5.91 Å². The Hall–Kier alpha value is -1.39. The highest BCUT2D eigenvalue weighted by Crippen LogP contribution is 2.28. The Balaban J connectivity index is 1.81. The highest BCUT2D eigenvalue weighted by molar-refractivity contribution is 6.31. The first kappa shape index (κ1) is 14.5. The van der Waals surface area contributed by atoms with E-state index in [9.17, 15) is 9.59 Å². The molecule has 2 saturated heterocycles. The third kappa shape index (κ3) is 2.97. The Morgan fingerprint density at radius 1 is 1.05 bits per heavy atom. The molecule has 21 heavy (non-hydrogen) atoms. The van der Waals surface area contributed by atoms with Crippen LogP contribution in [0.3, 0.4) is 0 Å². The van der Waals surface area contributed by atoms with Crippen LogP contribution in [-0.4, -0.2) is 35.8 Å². The number of imide groups is 1. The van der Waals surface area contributed by atoms with Crippen LogP contribution in [0.15, 0.2) is 24.3 Å². The normalized spacial score (nSPS) is 24.4. The Morgan fingerprint density at radius 2 is 1.76 bits per heavy atom. The minimum atomic E-state index is -0.297. The fourth-order valence-corrected chi connectivity index (χ4v) is 3.38. The molecule has 0 N–H and O–H groups in total. The average molecular weight is 307 g/mol. The summed E-state index contributed by atoms with van der Waals surface area (Å²) in [5.74, 6) is -0.235. The maximum absolute atomic E-state index is 12.7. The van der Waals surface area contributed by atoms with Gasteiger partial charge in [-0.2, -0.15) is 0 Å². The van der Waals surface area contributed by atoms with Crippen molar-refractivity contribution < 1.29 is 9.59 Å². The largest absolute Gasteiger partial charge is 0.292 e. The first-order valence-electron chi connectivity index (χ1n) is 7.53. The minimum absolute atomic E-state index is 0.107. The lowest BCUT2D eigenvalue weighted by Crippen LogP contribution is -2.42. The number of amides is 2. The van der Waals surface area contributed by atoms with Crippen LogP contribution in [0.1, 0.15) is 32.1 Å². The second-order valence-corrected chi connectivity index (χ2v) is 6.15. The number of anilines is 1. The van der Waals surface area contributed by atoms with E-state index in [0.29, 0.717) is 10.7 Å². The van der Waals surface area contributed by atoms with Crippen molar-refractivity contribution in [3.8, 4) is 0 Å². The van der Waals surface area contributed by atoms with Gasteiger partial charge in [-0.15, -0.1) is 0 Å². The van der Waals surface area contributed by atoms with Crippen LogP contribution in [-0.2, 0) is 9.59 Å². The fourth-order valence-electron chi connectivity index (χ4n) is 3.19. The van der Waals surface area contributed by atoms with E-state index in [1.54, 1.807) is 24.3 Å². The summed E-state index contributed by atoms with van der Waals surface area (Å²) in [7, 11) is 0. The molecule has 112 valence electrons. The second-order valence-electron chi connectivity index (χ2n) is 5.72. The molecule has 0 aromatic heterocycles. The van der Waals surface area contributed by atoms with E-state index >= 15 is 0 Å². The number of carbonyl (C=O) groups is 2. The second kappa shape index (κ2) is 6.16. The van der Waals surface area contributed by atoms with Gasteiger partial charge in [0, 0.05) is 5.02 Å². The molecule has 0 aliphatic carbocycles. The first-order valence-corrected chi connectivity index (χ1v) is 7.91. The van der Waals surface area contributed by atoms with Crippen LogP contribution in [0, 0.1) is 0 Å².